The Bertz CT molecular complexity index is 903. The second-order valence-corrected chi connectivity index (χ2v) is 7.59. The Kier molecular flexibility index (Phi) is 5.89. The molecule has 0 bridgehead atoms. The number of benzene rings is 1. The predicted octanol–water partition coefficient (Wildman–Crippen LogP) is 2.69. The van der Waals surface area contributed by atoms with Crippen molar-refractivity contribution in [2.75, 3.05) is 20.2 Å². The van der Waals surface area contributed by atoms with E-state index in [4.69, 9.17) is 9.47 Å². The highest BCUT2D eigenvalue weighted by molar-refractivity contribution is 9.10. The Balaban J connectivity index is 1.47. The van der Waals surface area contributed by atoms with Crippen LogP contribution in [0.15, 0.2) is 39.6 Å². The van der Waals surface area contributed by atoms with Gasteiger partial charge in [0, 0.05) is 25.2 Å². The Morgan fingerprint density at radius 3 is 2.63 bits per heavy atom. The maximum atomic E-state index is 12.3. The van der Waals surface area contributed by atoms with Crippen molar-refractivity contribution in [3.8, 4) is 11.5 Å². The van der Waals surface area contributed by atoms with Gasteiger partial charge in [-0.3, -0.25) is 9.59 Å². The lowest BCUT2D eigenvalue weighted by Crippen LogP contribution is -2.56. The van der Waals surface area contributed by atoms with Gasteiger partial charge in [-0.25, -0.2) is 0 Å². The van der Waals surface area contributed by atoms with Gasteiger partial charge in [0.05, 0.1) is 24.7 Å². The van der Waals surface area contributed by atoms with E-state index in [-0.39, 0.29) is 17.6 Å². The number of aryl methyl sites for hydroxylation is 2. The first-order valence-electron chi connectivity index (χ1n) is 8.82. The van der Waals surface area contributed by atoms with Crippen LogP contribution in [0, 0.1) is 6.92 Å². The number of likely N-dealkylation sites (tertiary alicyclic amines) is 1. The molecule has 0 atom stereocenters. The first kappa shape index (κ1) is 19.5. The molecular formula is C20H23BrN2O4. The van der Waals surface area contributed by atoms with Crippen LogP contribution in [0.25, 0.3) is 0 Å². The van der Waals surface area contributed by atoms with Crippen molar-refractivity contribution >= 4 is 21.8 Å². The fourth-order valence-corrected chi connectivity index (χ4v) is 3.58. The molecule has 1 saturated heterocycles. The van der Waals surface area contributed by atoms with Crippen molar-refractivity contribution in [3.63, 3.8) is 0 Å². The summed E-state index contributed by atoms with van der Waals surface area (Å²) >= 11 is 3.46. The third-order valence-electron chi connectivity index (χ3n) is 4.82. The smallest absolute Gasteiger partial charge is 0.254 e. The van der Waals surface area contributed by atoms with Gasteiger partial charge < -0.3 is 18.9 Å². The minimum atomic E-state index is -0.0945. The van der Waals surface area contributed by atoms with E-state index in [2.05, 4.69) is 15.9 Å². The zero-order valence-corrected chi connectivity index (χ0v) is 17.3. The summed E-state index contributed by atoms with van der Waals surface area (Å²) in [5.74, 6) is 1.46. The summed E-state index contributed by atoms with van der Waals surface area (Å²) in [7, 11) is 3.35. The molecule has 2 heterocycles. The second kappa shape index (κ2) is 8.17. The Labute approximate surface area is 166 Å². The molecule has 1 aliphatic rings. The van der Waals surface area contributed by atoms with E-state index >= 15 is 0 Å². The summed E-state index contributed by atoms with van der Waals surface area (Å²) in [5.41, 5.74) is 1.83. The molecule has 6 nitrogen and oxygen atoms in total. The number of carbonyl (C=O) groups excluding carboxylic acids is 1. The van der Waals surface area contributed by atoms with Gasteiger partial charge in [-0.05, 0) is 53.0 Å². The molecular weight excluding hydrogens is 412 g/mol. The molecule has 1 aliphatic heterocycles. The van der Waals surface area contributed by atoms with Crippen LogP contribution in [0.5, 0.6) is 11.5 Å². The molecule has 1 aromatic carbocycles. The molecule has 1 amide bonds. The first-order chi connectivity index (χ1) is 12.9. The molecule has 0 aliphatic carbocycles. The standard InChI is InChI=1S/C20H23BrN2O4/c1-13-8-15(10-20(25)22(13)2)27-16-11-23(12-16)19(24)7-5-14-4-6-18(26-3)17(21)9-14/h4,6,8-10,16H,5,7,11-12H2,1-3H3. The van der Waals surface area contributed by atoms with Gasteiger partial charge in [0.25, 0.3) is 5.56 Å². The summed E-state index contributed by atoms with van der Waals surface area (Å²) in [6.07, 6.45) is 1.07. The van der Waals surface area contributed by atoms with Crippen molar-refractivity contribution < 1.29 is 14.3 Å². The molecule has 0 spiro atoms. The molecule has 0 unspecified atom stereocenters. The number of rotatable bonds is 6. The van der Waals surface area contributed by atoms with Gasteiger partial charge in [0.15, 0.2) is 0 Å². The van der Waals surface area contributed by atoms with Gasteiger partial charge in [0.2, 0.25) is 5.91 Å². The van der Waals surface area contributed by atoms with Crippen molar-refractivity contribution in [2.45, 2.75) is 25.9 Å². The number of aromatic nitrogens is 1. The fourth-order valence-electron chi connectivity index (χ4n) is 2.99. The summed E-state index contributed by atoms with van der Waals surface area (Å²) in [5, 5.41) is 0. The normalized spacial score (nSPS) is 14.0. The number of hydrogen-bond acceptors (Lipinski definition) is 4. The molecule has 7 heteroatoms. The molecule has 0 radical (unpaired) electrons. The first-order valence-corrected chi connectivity index (χ1v) is 9.61. The van der Waals surface area contributed by atoms with Crippen LogP contribution < -0.4 is 15.0 Å². The van der Waals surface area contributed by atoms with Gasteiger partial charge in [-0.15, -0.1) is 0 Å². The number of methoxy groups -OCH3 is 1. The van der Waals surface area contributed by atoms with Crippen molar-refractivity contribution in [1.29, 1.82) is 0 Å². The summed E-state index contributed by atoms with van der Waals surface area (Å²) in [6, 6.07) is 9.17. The van der Waals surface area contributed by atoms with E-state index in [1.165, 1.54) is 6.07 Å². The van der Waals surface area contributed by atoms with Crippen LogP contribution in [0.1, 0.15) is 17.7 Å². The zero-order chi connectivity index (χ0) is 19.6. The number of pyridine rings is 1. The summed E-state index contributed by atoms with van der Waals surface area (Å²) in [6.45, 7) is 2.97. The number of halogens is 1. The summed E-state index contributed by atoms with van der Waals surface area (Å²) < 4.78 is 13.5. The van der Waals surface area contributed by atoms with E-state index in [9.17, 15) is 9.59 Å². The van der Waals surface area contributed by atoms with E-state index in [1.54, 1.807) is 23.6 Å². The monoisotopic (exact) mass is 434 g/mol. The van der Waals surface area contributed by atoms with E-state index in [0.29, 0.717) is 31.7 Å². The van der Waals surface area contributed by atoms with Crippen molar-refractivity contribution in [3.05, 3.63) is 56.4 Å². The average Bonchev–Trinajstić information content (AvgIpc) is 2.60. The molecule has 2 aromatic rings. The number of hydrogen-bond donors (Lipinski definition) is 0. The van der Waals surface area contributed by atoms with E-state index < -0.39 is 0 Å². The average molecular weight is 435 g/mol. The maximum Gasteiger partial charge on any atom is 0.254 e. The quantitative estimate of drug-likeness (QED) is 0.700. The molecule has 0 N–H and O–H groups in total. The third kappa shape index (κ3) is 4.53. The third-order valence-corrected chi connectivity index (χ3v) is 5.44. The number of carbonyl (C=O) groups is 1. The molecule has 27 heavy (non-hydrogen) atoms. The highest BCUT2D eigenvalue weighted by Crippen LogP contribution is 2.26. The largest absolute Gasteiger partial charge is 0.496 e. The molecule has 3 rings (SSSR count). The second-order valence-electron chi connectivity index (χ2n) is 6.74. The highest BCUT2D eigenvalue weighted by Gasteiger charge is 2.32. The van der Waals surface area contributed by atoms with Crippen LogP contribution in [0.4, 0.5) is 0 Å². The van der Waals surface area contributed by atoms with Gasteiger partial charge in [-0.2, -0.15) is 0 Å². The van der Waals surface area contributed by atoms with Crippen molar-refractivity contribution in [2.24, 2.45) is 7.05 Å². The van der Waals surface area contributed by atoms with Crippen LogP contribution in [0.3, 0.4) is 0 Å². The lowest BCUT2D eigenvalue weighted by molar-refractivity contribution is -0.139. The summed E-state index contributed by atoms with van der Waals surface area (Å²) in [4.78, 5) is 25.9. The molecule has 1 fully saturated rings. The minimum Gasteiger partial charge on any atom is -0.496 e. The van der Waals surface area contributed by atoms with Gasteiger partial charge in [-0.1, -0.05) is 6.07 Å². The minimum absolute atomic E-state index is 0.0596. The SMILES string of the molecule is COc1ccc(CCC(=O)N2CC(Oc3cc(C)n(C)c(=O)c3)C2)cc1Br. The van der Waals surface area contributed by atoms with E-state index in [1.807, 2.05) is 31.2 Å². The van der Waals surface area contributed by atoms with Crippen LogP contribution in [-0.2, 0) is 18.3 Å². The van der Waals surface area contributed by atoms with Crippen LogP contribution in [-0.4, -0.2) is 41.7 Å². The molecule has 1 aromatic heterocycles. The van der Waals surface area contributed by atoms with Gasteiger partial charge in [0.1, 0.15) is 17.6 Å². The topological polar surface area (TPSA) is 60.8 Å². The van der Waals surface area contributed by atoms with Crippen molar-refractivity contribution in [1.82, 2.24) is 9.47 Å². The Hall–Kier alpha value is -2.28. The maximum absolute atomic E-state index is 12.3. The Morgan fingerprint density at radius 2 is 2.00 bits per heavy atom. The van der Waals surface area contributed by atoms with Crippen LogP contribution >= 0.6 is 15.9 Å². The molecule has 144 valence electrons. The number of amides is 1. The highest BCUT2D eigenvalue weighted by atomic mass is 79.9. The molecule has 0 saturated carbocycles. The fraction of sp³-hybridized carbons (Fsp3) is 0.400. The van der Waals surface area contributed by atoms with Gasteiger partial charge >= 0.3 is 0 Å². The Morgan fingerprint density at radius 1 is 1.26 bits per heavy atom. The lowest BCUT2D eigenvalue weighted by Gasteiger charge is -2.39. The lowest BCUT2D eigenvalue weighted by atomic mass is 10.1. The zero-order valence-electron chi connectivity index (χ0n) is 15.7. The van der Waals surface area contributed by atoms with E-state index in [0.717, 1.165) is 21.5 Å². The number of nitrogens with zero attached hydrogens (tertiary/aromatic N) is 2. The predicted molar refractivity (Wildman–Crippen MR) is 106 cm³/mol. The van der Waals surface area contributed by atoms with Crippen LogP contribution in [0.2, 0.25) is 0 Å². The number of ether oxygens (including phenoxy) is 2.